The zero-order chi connectivity index (χ0) is 13.7. The van der Waals surface area contributed by atoms with Gasteiger partial charge in [-0.3, -0.25) is 0 Å². The predicted octanol–water partition coefficient (Wildman–Crippen LogP) is 2.60. The summed E-state index contributed by atoms with van der Waals surface area (Å²) in [5, 5.41) is 18.7. The topological polar surface area (TPSA) is 49.7 Å². The van der Waals surface area contributed by atoms with Gasteiger partial charge in [0.05, 0.1) is 25.4 Å². The van der Waals surface area contributed by atoms with Gasteiger partial charge in [-0.05, 0) is 32.1 Å². The Labute approximate surface area is 106 Å². The van der Waals surface area contributed by atoms with Crippen molar-refractivity contribution in [2.75, 3.05) is 19.8 Å². The summed E-state index contributed by atoms with van der Waals surface area (Å²) in [7, 11) is 0. The molecule has 0 aliphatic carbocycles. The predicted molar refractivity (Wildman–Crippen MR) is 71.0 cm³/mol. The Morgan fingerprint density at radius 1 is 0.941 bits per heavy atom. The Morgan fingerprint density at radius 3 is 1.71 bits per heavy atom. The number of rotatable bonds is 7. The van der Waals surface area contributed by atoms with E-state index in [1.54, 1.807) is 0 Å². The van der Waals surface area contributed by atoms with Crippen molar-refractivity contribution in [1.82, 2.24) is 0 Å². The fourth-order valence-electron chi connectivity index (χ4n) is 2.14. The molecule has 3 nitrogen and oxygen atoms in total. The van der Waals surface area contributed by atoms with Crippen LogP contribution in [0.1, 0.15) is 54.4 Å². The van der Waals surface area contributed by atoms with Crippen LogP contribution in [0.4, 0.5) is 0 Å². The summed E-state index contributed by atoms with van der Waals surface area (Å²) in [6.45, 7) is 13.0. The summed E-state index contributed by atoms with van der Waals surface area (Å²) in [4.78, 5) is 0. The summed E-state index contributed by atoms with van der Waals surface area (Å²) in [5.74, 6) is 0. The van der Waals surface area contributed by atoms with E-state index in [2.05, 4.69) is 34.6 Å². The highest BCUT2D eigenvalue weighted by atomic mass is 16.5. The molecule has 0 heterocycles. The molecule has 104 valence electrons. The minimum absolute atomic E-state index is 0.0361. The van der Waals surface area contributed by atoms with Gasteiger partial charge in [-0.1, -0.05) is 27.7 Å². The smallest absolute Gasteiger partial charge is 0.0631 e. The van der Waals surface area contributed by atoms with Crippen LogP contribution in [-0.2, 0) is 4.74 Å². The largest absolute Gasteiger partial charge is 0.396 e. The first kappa shape index (κ1) is 16.9. The third-order valence-electron chi connectivity index (χ3n) is 3.15. The third-order valence-corrected chi connectivity index (χ3v) is 3.15. The first-order valence-electron chi connectivity index (χ1n) is 6.45. The molecule has 0 aromatic heterocycles. The molecule has 3 heteroatoms. The summed E-state index contributed by atoms with van der Waals surface area (Å²) in [6, 6.07) is 0. The van der Waals surface area contributed by atoms with Crippen molar-refractivity contribution in [1.29, 1.82) is 0 Å². The van der Waals surface area contributed by atoms with Gasteiger partial charge in [-0.25, -0.2) is 0 Å². The van der Waals surface area contributed by atoms with Crippen molar-refractivity contribution in [3.63, 3.8) is 0 Å². The second-order valence-electron chi connectivity index (χ2n) is 6.96. The molecule has 0 aromatic carbocycles. The van der Waals surface area contributed by atoms with Gasteiger partial charge in [0.15, 0.2) is 0 Å². The second-order valence-corrected chi connectivity index (χ2v) is 6.96. The van der Waals surface area contributed by atoms with Gasteiger partial charge in [-0.2, -0.15) is 0 Å². The Morgan fingerprint density at radius 2 is 1.41 bits per heavy atom. The molecule has 0 spiro atoms. The highest BCUT2D eigenvalue weighted by molar-refractivity contribution is 4.81. The van der Waals surface area contributed by atoms with Crippen LogP contribution in [0, 0.1) is 10.8 Å². The van der Waals surface area contributed by atoms with Gasteiger partial charge in [0, 0.05) is 5.41 Å². The van der Waals surface area contributed by atoms with Gasteiger partial charge in [-0.15, -0.1) is 0 Å². The molecule has 0 aliphatic rings. The normalized spacial score (nSPS) is 14.1. The average molecular weight is 246 g/mol. The van der Waals surface area contributed by atoms with Crippen molar-refractivity contribution < 1.29 is 14.9 Å². The van der Waals surface area contributed by atoms with Crippen LogP contribution < -0.4 is 0 Å². The van der Waals surface area contributed by atoms with E-state index >= 15 is 0 Å². The molecule has 0 rings (SSSR count). The fraction of sp³-hybridized carbons (Fsp3) is 1.00. The van der Waals surface area contributed by atoms with E-state index in [1.807, 2.05) is 6.92 Å². The molecule has 0 saturated heterocycles. The van der Waals surface area contributed by atoms with E-state index < -0.39 is 5.41 Å². The zero-order valence-corrected chi connectivity index (χ0v) is 12.3. The lowest BCUT2D eigenvalue weighted by Crippen LogP contribution is -2.40. The van der Waals surface area contributed by atoms with Crippen molar-refractivity contribution in [3.8, 4) is 0 Å². The van der Waals surface area contributed by atoms with Crippen LogP contribution in [0.5, 0.6) is 0 Å². The molecule has 0 aliphatic heterocycles. The molecule has 0 aromatic rings. The quantitative estimate of drug-likeness (QED) is 0.726. The van der Waals surface area contributed by atoms with Crippen LogP contribution >= 0.6 is 0 Å². The number of ether oxygens (including phenoxy) is 1. The number of aliphatic hydroxyl groups excluding tert-OH is 2. The van der Waals surface area contributed by atoms with E-state index in [4.69, 9.17) is 4.74 Å². The number of aliphatic hydroxyl groups is 2. The molecule has 2 N–H and O–H groups in total. The maximum Gasteiger partial charge on any atom is 0.0631 e. The fourth-order valence-corrected chi connectivity index (χ4v) is 2.14. The van der Waals surface area contributed by atoms with E-state index in [1.165, 1.54) is 0 Å². The molecule has 0 atom stereocenters. The first-order valence-corrected chi connectivity index (χ1v) is 6.45. The molecule has 0 bridgehead atoms. The Kier molecular flexibility index (Phi) is 6.12. The zero-order valence-electron chi connectivity index (χ0n) is 12.3. The van der Waals surface area contributed by atoms with Gasteiger partial charge >= 0.3 is 0 Å². The monoisotopic (exact) mass is 246 g/mol. The molecule has 0 saturated carbocycles. The molecule has 0 unspecified atom stereocenters. The maximum atomic E-state index is 9.37. The minimum Gasteiger partial charge on any atom is -0.396 e. The lowest BCUT2D eigenvalue weighted by molar-refractivity contribution is -0.106. The van der Waals surface area contributed by atoms with Gasteiger partial charge < -0.3 is 14.9 Å². The van der Waals surface area contributed by atoms with Gasteiger partial charge in [0.25, 0.3) is 0 Å². The van der Waals surface area contributed by atoms with Crippen LogP contribution in [0.2, 0.25) is 0 Å². The Hall–Kier alpha value is -0.120. The van der Waals surface area contributed by atoms with Crippen LogP contribution in [-0.4, -0.2) is 35.6 Å². The Balaban J connectivity index is 4.43. The molecule has 0 radical (unpaired) electrons. The highest BCUT2D eigenvalue weighted by Crippen LogP contribution is 2.31. The summed E-state index contributed by atoms with van der Waals surface area (Å²) in [6.07, 6.45) is 1.66. The van der Waals surface area contributed by atoms with Gasteiger partial charge in [0.1, 0.15) is 0 Å². The van der Waals surface area contributed by atoms with Crippen molar-refractivity contribution in [2.45, 2.75) is 60.0 Å². The molecule has 17 heavy (non-hydrogen) atoms. The number of hydrogen-bond acceptors (Lipinski definition) is 3. The molecular weight excluding hydrogens is 216 g/mol. The first-order chi connectivity index (χ1) is 7.60. The minimum atomic E-state index is -0.505. The molecular formula is C14H30O3. The second kappa shape index (κ2) is 6.17. The summed E-state index contributed by atoms with van der Waals surface area (Å²) >= 11 is 0. The standard InChI is InChI=1S/C14H30O3/c1-7-14(9-15,10-16)11-17-13(5,6)8-12(2,3)4/h15-16H,7-11H2,1-6H3. The Bertz CT molecular complexity index is 204. The number of hydrogen-bond donors (Lipinski definition) is 2. The van der Waals surface area contributed by atoms with Crippen LogP contribution in [0.25, 0.3) is 0 Å². The lowest BCUT2D eigenvalue weighted by Gasteiger charge is -2.37. The molecule has 0 fully saturated rings. The summed E-state index contributed by atoms with van der Waals surface area (Å²) < 4.78 is 5.92. The van der Waals surface area contributed by atoms with Crippen molar-refractivity contribution >= 4 is 0 Å². The van der Waals surface area contributed by atoms with Gasteiger partial charge in [0.2, 0.25) is 0 Å². The lowest BCUT2D eigenvalue weighted by atomic mass is 9.83. The highest BCUT2D eigenvalue weighted by Gasteiger charge is 2.32. The van der Waals surface area contributed by atoms with Crippen molar-refractivity contribution in [2.24, 2.45) is 10.8 Å². The van der Waals surface area contributed by atoms with E-state index in [9.17, 15) is 10.2 Å². The van der Waals surface area contributed by atoms with E-state index in [0.717, 1.165) is 6.42 Å². The van der Waals surface area contributed by atoms with Crippen LogP contribution in [0.15, 0.2) is 0 Å². The van der Waals surface area contributed by atoms with E-state index in [0.29, 0.717) is 13.0 Å². The van der Waals surface area contributed by atoms with Crippen LogP contribution in [0.3, 0.4) is 0 Å². The third kappa shape index (κ3) is 6.39. The molecule has 0 amide bonds. The summed E-state index contributed by atoms with van der Waals surface area (Å²) in [5.41, 5.74) is -0.533. The van der Waals surface area contributed by atoms with Crippen molar-refractivity contribution in [3.05, 3.63) is 0 Å². The maximum absolute atomic E-state index is 9.37. The average Bonchev–Trinajstić information content (AvgIpc) is 2.17. The SMILES string of the molecule is CCC(CO)(CO)COC(C)(C)CC(C)(C)C. The van der Waals surface area contributed by atoms with E-state index in [-0.39, 0.29) is 24.2 Å².